The summed E-state index contributed by atoms with van der Waals surface area (Å²) < 4.78 is 26.0. The largest absolute Gasteiger partial charge is 0.480 e. The number of aliphatic carboxylic acids is 1. The van der Waals surface area contributed by atoms with Crippen molar-refractivity contribution in [1.29, 1.82) is 0 Å². The van der Waals surface area contributed by atoms with Gasteiger partial charge in [0.05, 0.1) is 6.20 Å². The second-order valence-corrected chi connectivity index (χ2v) is 5.41. The summed E-state index contributed by atoms with van der Waals surface area (Å²) in [6.45, 7) is 0. The summed E-state index contributed by atoms with van der Waals surface area (Å²) in [6, 6.07) is 7.95. The Hall–Kier alpha value is -2.19. The number of carbonyl (C=O) groups is 1. The van der Waals surface area contributed by atoms with Gasteiger partial charge in [-0.15, -0.1) is 0 Å². The van der Waals surface area contributed by atoms with E-state index in [0.717, 1.165) is 0 Å². The summed E-state index contributed by atoms with van der Waals surface area (Å²) in [6.07, 6.45) is 1.27. The molecule has 1 aromatic carbocycles. The first-order valence-corrected chi connectivity index (χ1v) is 6.78. The second kappa shape index (κ2) is 5.21. The van der Waals surface area contributed by atoms with Crippen molar-refractivity contribution >= 4 is 16.0 Å². The molecule has 2 aromatic rings. The van der Waals surface area contributed by atoms with Crippen LogP contribution in [-0.2, 0) is 14.8 Å². The van der Waals surface area contributed by atoms with E-state index < -0.39 is 22.0 Å². The highest BCUT2D eigenvalue weighted by Gasteiger charge is 2.27. The first kappa shape index (κ1) is 13.2. The van der Waals surface area contributed by atoms with Gasteiger partial charge in [0.2, 0.25) is 0 Å². The van der Waals surface area contributed by atoms with E-state index in [0.29, 0.717) is 5.56 Å². The van der Waals surface area contributed by atoms with Gasteiger partial charge < -0.3 is 5.11 Å². The summed E-state index contributed by atoms with van der Waals surface area (Å²) in [4.78, 5) is 11.2. The fraction of sp³-hybridized carbons (Fsp3) is 0.0909. The molecule has 0 radical (unpaired) electrons. The minimum Gasteiger partial charge on any atom is -0.480 e. The number of H-pyrrole nitrogens is 1. The zero-order chi connectivity index (χ0) is 13.9. The van der Waals surface area contributed by atoms with Crippen LogP contribution >= 0.6 is 0 Å². The predicted molar refractivity (Wildman–Crippen MR) is 65.7 cm³/mol. The van der Waals surface area contributed by atoms with Crippen LogP contribution in [0, 0.1) is 0 Å². The van der Waals surface area contributed by atoms with Crippen molar-refractivity contribution in [3.05, 3.63) is 48.2 Å². The van der Waals surface area contributed by atoms with Crippen LogP contribution in [0.5, 0.6) is 0 Å². The third kappa shape index (κ3) is 2.98. The Labute approximate surface area is 109 Å². The zero-order valence-electron chi connectivity index (χ0n) is 9.65. The predicted octanol–water partition coefficient (Wildman–Crippen LogP) is 0.514. The lowest BCUT2D eigenvalue weighted by molar-refractivity contribution is -0.139. The topological polar surface area (TPSA) is 112 Å². The number of hydrogen-bond donors (Lipinski definition) is 3. The van der Waals surface area contributed by atoms with Gasteiger partial charge in [0, 0.05) is 0 Å². The number of hydrogen-bond acceptors (Lipinski definition) is 4. The van der Waals surface area contributed by atoms with E-state index in [1.807, 2.05) is 0 Å². The van der Waals surface area contributed by atoms with Gasteiger partial charge >= 0.3 is 5.97 Å². The van der Waals surface area contributed by atoms with Gasteiger partial charge in [-0.1, -0.05) is 30.3 Å². The van der Waals surface area contributed by atoms with Gasteiger partial charge in [0.1, 0.15) is 6.04 Å². The van der Waals surface area contributed by atoms with E-state index in [2.05, 4.69) is 14.9 Å². The maximum atomic E-state index is 11.9. The van der Waals surface area contributed by atoms with Gasteiger partial charge in [0.15, 0.2) is 5.03 Å². The molecule has 8 heteroatoms. The van der Waals surface area contributed by atoms with Crippen LogP contribution < -0.4 is 4.72 Å². The number of nitrogens with zero attached hydrogens (tertiary/aromatic N) is 1. The highest BCUT2D eigenvalue weighted by Crippen LogP contribution is 2.16. The van der Waals surface area contributed by atoms with Crippen LogP contribution in [0.3, 0.4) is 0 Å². The van der Waals surface area contributed by atoms with Crippen molar-refractivity contribution in [3.8, 4) is 0 Å². The maximum absolute atomic E-state index is 11.9. The van der Waals surface area contributed by atoms with Gasteiger partial charge in [-0.3, -0.25) is 9.89 Å². The molecule has 0 saturated heterocycles. The van der Waals surface area contributed by atoms with Crippen molar-refractivity contribution in [2.45, 2.75) is 11.1 Å². The maximum Gasteiger partial charge on any atom is 0.326 e. The van der Waals surface area contributed by atoms with E-state index in [1.54, 1.807) is 18.2 Å². The Bertz CT molecular complexity index is 653. The molecular weight excluding hydrogens is 270 g/mol. The third-order valence-corrected chi connectivity index (χ3v) is 3.77. The summed E-state index contributed by atoms with van der Waals surface area (Å²) in [7, 11) is -3.96. The molecule has 1 unspecified atom stereocenters. The van der Waals surface area contributed by atoms with Crippen LogP contribution in [0.1, 0.15) is 11.6 Å². The Morgan fingerprint density at radius 3 is 2.47 bits per heavy atom. The number of benzene rings is 1. The van der Waals surface area contributed by atoms with Crippen LogP contribution in [0.15, 0.2) is 47.6 Å². The minimum absolute atomic E-state index is 0.185. The summed E-state index contributed by atoms with van der Waals surface area (Å²) in [5, 5.41) is 14.8. The smallest absolute Gasteiger partial charge is 0.326 e. The van der Waals surface area contributed by atoms with Gasteiger partial charge in [-0.25, -0.2) is 8.42 Å². The average Bonchev–Trinajstić information content (AvgIpc) is 2.91. The van der Waals surface area contributed by atoms with Crippen molar-refractivity contribution in [1.82, 2.24) is 14.9 Å². The van der Waals surface area contributed by atoms with E-state index >= 15 is 0 Å². The van der Waals surface area contributed by atoms with Crippen LogP contribution in [0.25, 0.3) is 0 Å². The van der Waals surface area contributed by atoms with Gasteiger partial charge in [0.25, 0.3) is 10.0 Å². The Morgan fingerprint density at radius 1 is 1.26 bits per heavy atom. The highest BCUT2D eigenvalue weighted by atomic mass is 32.2. The van der Waals surface area contributed by atoms with Crippen molar-refractivity contribution in [2.75, 3.05) is 0 Å². The Morgan fingerprint density at radius 2 is 1.95 bits per heavy atom. The molecule has 19 heavy (non-hydrogen) atoms. The molecule has 100 valence electrons. The van der Waals surface area contributed by atoms with Crippen LogP contribution in [0.2, 0.25) is 0 Å². The molecule has 0 spiro atoms. The van der Waals surface area contributed by atoms with E-state index in [1.165, 1.54) is 24.4 Å². The summed E-state index contributed by atoms with van der Waals surface area (Å²) >= 11 is 0. The van der Waals surface area contributed by atoms with Crippen molar-refractivity contribution < 1.29 is 18.3 Å². The van der Waals surface area contributed by atoms with Crippen molar-refractivity contribution in [2.24, 2.45) is 0 Å². The molecule has 1 atom stereocenters. The number of carboxylic acid groups (broad SMARTS) is 1. The molecule has 0 aliphatic rings. The van der Waals surface area contributed by atoms with E-state index in [-0.39, 0.29) is 5.03 Å². The van der Waals surface area contributed by atoms with Crippen LogP contribution in [-0.4, -0.2) is 29.7 Å². The van der Waals surface area contributed by atoms with E-state index in [4.69, 9.17) is 5.11 Å². The molecule has 0 saturated carbocycles. The minimum atomic E-state index is -3.96. The molecular formula is C11H11N3O4S. The lowest BCUT2D eigenvalue weighted by atomic mass is 10.1. The monoisotopic (exact) mass is 281 g/mol. The molecule has 0 aliphatic carbocycles. The van der Waals surface area contributed by atoms with E-state index in [9.17, 15) is 13.2 Å². The molecule has 0 bridgehead atoms. The third-order valence-electron chi connectivity index (χ3n) is 2.42. The lowest BCUT2D eigenvalue weighted by Gasteiger charge is -2.14. The average molecular weight is 281 g/mol. The number of sulfonamides is 1. The van der Waals surface area contributed by atoms with Crippen molar-refractivity contribution in [3.63, 3.8) is 0 Å². The highest BCUT2D eigenvalue weighted by molar-refractivity contribution is 7.89. The standard InChI is InChI=1S/C11H11N3O4S/c15-11(16)10(8-4-2-1-3-5-8)14-19(17,18)9-6-7-12-13-9/h1-7,10,14H,(H,12,13)(H,15,16). The second-order valence-electron chi connectivity index (χ2n) is 3.72. The van der Waals surface area contributed by atoms with Gasteiger partial charge in [-0.05, 0) is 11.6 Å². The molecule has 1 heterocycles. The quantitative estimate of drug-likeness (QED) is 0.739. The zero-order valence-corrected chi connectivity index (χ0v) is 10.5. The molecule has 0 aliphatic heterocycles. The molecule has 3 N–H and O–H groups in total. The summed E-state index contributed by atoms with van der Waals surface area (Å²) in [5.74, 6) is -1.28. The Balaban J connectivity index is 2.31. The normalized spacial score (nSPS) is 13.1. The molecule has 0 fully saturated rings. The fourth-order valence-corrected chi connectivity index (χ4v) is 2.60. The fourth-order valence-electron chi connectivity index (χ4n) is 1.52. The number of aromatic amines is 1. The molecule has 2 rings (SSSR count). The first-order chi connectivity index (χ1) is 9.00. The van der Waals surface area contributed by atoms with Crippen LogP contribution in [0.4, 0.5) is 0 Å². The molecule has 7 nitrogen and oxygen atoms in total. The first-order valence-electron chi connectivity index (χ1n) is 5.30. The number of nitrogens with one attached hydrogen (secondary N) is 2. The number of carboxylic acids is 1. The lowest BCUT2D eigenvalue weighted by Crippen LogP contribution is -2.33. The molecule has 0 amide bonds. The summed E-state index contributed by atoms with van der Waals surface area (Å²) in [5.41, 5.74) is 0.345. The number of rotatable bonds is 5. The Kier molecular flexibility index (Phi) is 3.63. The van der Waals surface area contributed by atoms with Gasteiger partial charge in [-0.2, -0.15) is 9.82 Å². The molecule has 1 aromatic heterocycles. The SMILES string of the molecule is O=C(O)C(NS(=O)(=O)c1ccn[nH]1)c1ccccc1. The number of aromatic nitrogens is 2.